The second-order valence-electron chi connectivity index (χ2n) is 9.20. The first-order chi connectivity index (χ1) is 13.4. The van der Waals surface area contributed by atoms with Gasteiger partial charge in [-0.2, -0.15) is 0 Å². The maximum absolute atomic E-state index is 12.8. The number of ether oxygens (including phenoxy) is 1. The Morgan fingerprint density at radius 1 is 1.31 bits per heavy atom. The van der Waals surface area contributed by atoms with Crippen molar-refractivity contribution >= 4 is 28.7 Å². The monoisotopic (exact) mass is 421 g/mol. The van der Waals surface area contributed by atoms with E-state index in [1.165, 1.54) is 5.57 Å². The lowest BCUT2D eigenvalue weighted by Crippen LogP contribution is -2.38. The van der Waals surface area contributed by atoms with Crippen molar-refractivity contribution in [3.63, 3.8) is 0 Å². The number of carbonyl (C=O) groups is 2. The van der Waals surface area contributed by atoms with E-state index in [1.54, 1.807) is 18.3 Å². The van der Waals surface area contributed by atoms with Crippen molar-refractivity contribution in [2.24, 2.45) is 17.3 Å². The minimum Gasteiger partial charge on any atom is -0.458 e. The molecule has 0 amide bonds. The van der Waals surface area contributed by atoms with Crippen LogP contribution in [0.2, 0.25) is 0 Å². The number of rotatable bonds is 9. The fourth-order valence-electron chi connectivity index (χ4n) is 3.97. The van der Waals surface area contributed by atoms with Crippen LogP contribution in [0.1, 0.15) is 77.9 Å². The molecule has 5 nitrogen and oxygen atoms in total. The van der Waals surface area contributed by atoms with E-state index in [2.05, 4.69) is 10.4 Å². The number of esters is 1. The number of carbonyl (C=O) groups excluding carboxylic acids is 2. The molecule has 0 saturated carbocycles. The fraction of sp³-hybridized carbons (Fsp3) is 0.696. The molecule has 3 atom stereocenters. The summed E-state index contributed by atoms with van der Waals surface area (Å²) in [6.07, 6.45) is 1.36. The van der Waals surface area contributed by atoms with Crippen LogP contribution < -0.4 is 0 Å². The molecule has 0 fully saturated rings. The van der Waals surface area contributed by atoms with Crippen molar-refractivity contribution in [1.82, 2.24) is 4.98 Å². The van der Waals surface area contributed by atoms with Crippen molar-refractivity contribution in [3.8, 4) is 0 Å². The summed E-state index contributed by atoms with van der Waals surface area (Å²) in [6.45, 7) is 13.2. The molecular formula is C23H35NO4S. The lowest BCUT2D eigenvalue weighted by Gasteiger charge is -2.30. The number of hydrogen-bond donors (Lipinski definition) is 1. The Hall–Kier alpha value is -1.53. The number of aryl methyl sites for hydroxylation is 1. The Kier molecular flexibility index (Phi) is 7.80. The van der Waals surface area contributed by atoms with Gasteiger partial charge in [-0.15, -0.1) is 11.3 Å². The van der Waals surface area contributed by atoms with Crippen LogP contribution in [-0.4, -0.2) is 34.1 Å². The van der Waals surface area contributed by atoms with Gasteiger partial charge in [0, 0.05) is 23.1 Å². The number of hydrogen-bond acceptors (Lipinski definition) is 6. The quantitative estimate of drug-likeness (QED) is 0.570. The zero-order valence-electron chi connectivity index (χ0n) is 18.7. The van der Waals surface area contributed by atoms with E-state index >= 15 is 0 Å². The Bertz CT molecular complexity index is 778. The van der Waals surface area contributed by atoms with E-state index in [-0.39, 0.29) is 30.2 Å². The minimum atomic E-state index is -0.682. The van der Waals surface area contributed by atoms with E-state index in [1.807, 2.05) is 41.5 Å². The molecule has 1 aliphatic rings. The first kappa shape index (κ1) is 23.7. The fourth-order valence-corrected chi connectivity index (χ4v) is 4.60. The van der Waals surface area contributed by atoms with Crippen LogP contribution in [-0.2, 0) is 14.3 Å². The van der Waals surface area contributed by atoms with Gasteiger partial charge in [0.2, 0.25) is 0 Å². The number of ketones is 1. The van der Waals surface area contributed by atoms with Crippen molar-refractivity contribution in [2.75, 3.05) is 0 Å². The molecular weight excluding hydrogens is 386 g/mol. The molecule has 1 heterocycles. The van der Waals surface area contributed by atoms with Gasteiger partial charge in [-0.25, -0.2) is 4.98 Å². The van der Waals surface area contributed by atoms with Crippen molar-refractivity contribution in [2.45, 2.75) is 86.4 Å². The molecule has 1 aromatic heterocycles. The van der Waals surface area contributed by atoms with Crippen LogP contribution >= 0.6 is 11.3 Å². The van der Waals surface area contributed by atoms with Crippen molar-refractivity contribution < 1.29 is 19.4 Å². The highest BCUT2D eigenvalue weighted by Crippen LogP contribution is 2.36. The molecule has 0 spiro atoms. The molecule has 6 heteroatoms. The zero-order chi connectivity index (χ0) is 21.9. The van der Waals surface area contributed by atoms with Crippen LogP contribution in [0.25, 0.3) is 5.57 Å². The second-order valence-corrected chi connectivity index (χ2v) is 10.3. The Morgan fingerprint density at radius 2 is 1.97 bits per heavy atom. The predicted molar refractivity (Wildman–Crippen MR) is 117 cm³/mol. The molecule has 0 saturated heterocycles. The highest BCUT2D eigenvalue weighted by molar-refractivity contribution is 7.09. The van der Waals surface area contributed by atoms with Gasteiger partial charge in [-0.3, -0.25) is 9.59 Å². The van der Waals surface area contributed by atoms with Gasteiger partial charge in [0.1, 0.15) is 11.9 Å². The van der Waals surface area contributed by atoms with Crippen LogP contribution in [0.15, 0.2) is 11.0 Å². The average Bonchev–Trinajstić information content (AvgIpc) is 3.24. The molecule has 1 aromatic rings. The van der Waals surface area contributed by atoms with E-state index in [4.69, 9.17) is 4.74 Å². The summed E-state index contributed by atoms with van der Waals surface area (Å²) in [5, 5.41) is 13.3. The van der Waals surface area contributed by atoms with Crippen molar-refractivity contribution in [3.05, 3.63) is 21.7 Å². The van der Waals surface area contributed by atoms with Crippen molar-refractivity contribution in [1.29, 1.82) is 0 Å². The third kappa shape index (κ3) is 5.76. The molecule has 29 heavy (non-hydrogen) atoms. The van der Waals surface area contributed by atoms with E-state index in [9.17, 15) is 14.7 Å². The van der Waals surface area contributed by atoms with Crippen LogP contribution in [0.5, 0.6) is 0 Å². The molecule has 1 N–H and O–H groups in total. The maximum Gasteiger partial charge on any atom is 0.306 e. The van der Waals surface area contributed by atoms with E-state index < -0.39 is 17.4 Å². The first-order valence-corrected chi connectivity index (χ1v) is 11.4. The van der Waals surface area contributed by atoms with Crippen LogP contribution in [0.4, 0.5) is 0 Å². The largest absolute Gasteiger partial charge is 0.458 e. The van der Waals surface area contributed by atoms with Gasteiger partial charge in [-0.1, -0.05) is 34.6 Å². The summed E-state index contributed by atoms with van der Waals surface area (Å²) in [7, 11) is 0. The number of aromatic nitrogens is 1. The molecule has 0 aromatic carbocycles. The van der Waals surface area contributed by atoms with Gasteiger partial charge < -0.3 is 9.84 Å². The third-order valence-electron chi connectivity index (χ3n) is 6.05. The van der Waals surface area contributed by atoms with Crippen LogP contribution in [0.3, 0.4) is 0 Å². The Morgan fingerprint density at radius 3 is 2.52 bits per heavy atom. The topological polar surface area (TPSA) is 76.5 Å². The number of thiazole rings is 1. The maximum atomic E-state index is 12.8. The SMILES string of the molecule is CC1=C(c2csc(C)n2)CC[C@@H]1OC(=O)CCC(C)(C)C(=O)[C@H](C)[C@@H](O)C(C)C. The highest BCUT2D eigenvalue weighted by Gasteiger charge is 2.36. The molecule has 0 unspecified atom stereocenters. The molecule has 0 bridgehead atoms. The molecule has 162 valence electrons. The number of allylic oxidation sites excluding steroid dienone is 1. The number of aliphatic hydroxyl groups is 1. The molecule has 0 radical (unpaired) electrons. The highest BCUT2D eigenvalue weighted by atomic mass is 32.1. The Balaban J connectivity index is 1.92. The van der Waals surface area contributed by atoms with Gasteiger partial charge in [0.05, 0.1) is 16.8 Å². The minimum absolute atomic E-state index is 0.00960. The summed E-state index contributed by atoms with van der Waals surface area (Å²) >= 11 is 1.63. The summed E-state index contributed by atoms with van der Waals surface area (Å²) in [5.74, 6) is -0.722. The Labute approximate surface area is 178 Å². The smallest absolute Gasteiger partial charge is 0.306 e. The van der Waals surface area contributed by atoms with Gasteiger partial charge in [0.25, 0.3) is 0 Å². The molecule has 1 aliphatic carbocycles. The van der Waals surface area contributed by atoms with Gasteiger partial charge in [0.15, 0.2) is 0 Å². The second kappa shape index (κ2) is 9.52. The van der Waals surface area contributed by atoms with E-state index in [0.717, 1.165) is 29.1 Å². The summed E-state index contributed by atoms with van der Waals surface area (Å²) in [5.41, 5.74) is 2.57. The predicted octanol–water partition coefficient (Wildman–Crippen LogP) is 4.96. The van der Waals surface area contributed by atoms with E-state index in [0.29, 0.717) is 6.42 Å². The molecule has 2 rings (SSSR count). The number of aliphatic hydroxyl groups excluding tert-OH is 1. The van der Waals surface area contributed by atoms with Gasteiger partial charge >= 0.3 is 5.97 Å². The average molecular weight is 422 g/mol. The first-order valence-electron chi connectivity index (χ1n) is 10.5. The standard InChI is InChI=1S/C23H35NO4S/c1-13(2)21(26)15(4)22(27)23(6,7)11-10-20(25)28-19-9-8-17(14(19)3)18-12-29-16(5)24-18/h12-13,15,19,21,26H,8-11H2,1-7H3/t15-,19+,21+/m1/s1. The van der Waals surface area contributed by atoms with Gasteiger partial charge in [-0.05, 0) is 50.2 Å². The summed E-state index contributed by atoms with van der Waals surface area (Å²) in [6, 6.07) is 0. The van der Waals surface area contributed by atoms with Crippen LogP contribution in [0, 0.1) is 24.2 Å². The number of Topliss-reactive ketones (excluding diaryl/α,β-unsaturated/α-hetero) is 1. The zero-order valence-corrected chi connectivity index (χ0v) is 19.6. The lowest BCUT2D eigenvalue weighted by atomic mass is 9.75. The summed E-state index contributed by atoms with van der Waals surface area (Å²) in [4.78, 5) is 29.8. The molecule has 0 aliphatic heterocycles. The number of nitrogens with zero attached hydrogens (tertiary/aromatic N) is 1. The lowest BCUT2D eigenvalue weighted by molar-refractivity contribution is -0.148. The normalized spacial score (nSPS) is 19.6. The summed E-state index contributed by atoms with van der Waals surface area (Å²) < 4.78 is 5.72. The third-order valence-corrected chi connectivity index (χ3v) is 6.82.